The normalized spacial score (nSPS) is 12.6. The van der Waals surface area contributed by atoms with E-state index >= 15 is 0 Å². The summed E-state index contributed by atoms with van der Waals surface area (Å²) in [6.45, 7) is 6.19. The van der Waals surface area contributed by atoms with Crippen molar-refractivity contribution >= 4 is 11.6 Å². The monoisotopic (exact) mass is 302 g/mol. The molecule has 0 unspecified atom stereocenters. The number of hydrogen-bond donors (Lipinski definition) is 2. The minimum absolute atomic E-state index is 0.192. The van der Waals surface area contributed by atoms with Gasteiger partial charge in [-0.3, -0.25) is 0 Å². The highest BCUT2D eigenvalue weighted by atomic mass is 35.5. The Balaban J connectivity index is 2.09. The van der Waals surface area contributed by atoms with E-state index in [4.69, 9.17) is 11.6 Å². The molecule has 1 atom stereocenters. The van der Waals surface area contributed by atoms with Gasteiger partial charge in [0.1, 0.15) is 0 Å². The van der Waals surface area contributed by atoms with Gasteiger partial charge in [0.15, 0.2) is 0 Å². The van der Waals surface area contributed by atoms with Crippen LogP contribution in [-0.2, 0) is 0 Å². The van der Waals surface area contributed by atoms with Gasteiger partial charge in [0.25, 0.3) is 0 Å². The van der Waals surface area contributed by atoms with Crippen molar-refractivity contribution in [3.8, 4) is 0 Å². The van der Waals surface area contributed by atoms with Gasteiger partial charge in [-0.25, -0.2) is 0 Å². The third kappa shape index (κ3) is 5.16. The van der Waals surface area contributed by atoms with Crippen molar-refractivity contribution in [3.05, 3.63) is 70.7 Å². The number of halogens is 1. The summed E-state index contributed by atoms with van der Waals surface area (Å²) in [6, 6.07) is 19.3. The fraction of sp³-hybridized carbons (Fsp3) is 0.333. The van der Waals surface area contributed by atoms with E-state index in [0.717, 1.165) is 18.1 Å². The topological polar surface area (TPSA) is 24.1 Å². The fourth-order valence-corrected chi connectivity index (χ4v) is 2.43. The van der Waals surface area contributed by atoms with E-state index in [9.17, 15) is 0 Å². The van der Waals surface area contributed by atoms with Gasteiger partial charge in [0.05, 0.1) is 6.04 Å². The first-order valence-corrected chi connectivity index (χ1v) is 7.82. The number of hydrogen-bond acceptors (Lipinski definition) is 2. The van der Waals surface area contributed by atoms with Gasteiger partial charge in [-0.2, -0.15) is 0 Å². The zero-order chi connectivity index (χ0) is 15.1. The Morgan fingerprint density at radius 3 is 2.00 bits per heavy atom. The molecule has 2 rings (SSSR count). The number of rotatable bonds is 7. The van der Waals surface area contributed by atoms with E-state index in [2.05, 4.69) is 60.9 Å². The standard InChI is InChI=1S/C18H23ClN2/c1-14(2)20-12-13-21-18(15-6-4-3-5-7-15)16-8-10-17(19)11-9-16/h3-11,14,18,20-21H,12-13H2,1-2H3/t18-/m1/s1. The molecule has 21 heavy (non-hydrogen) atoms. The second-order valence-electron chi connectivity index (χ2n) is 5.46. The van der Waals surface area contributed by atoms with Crippen LogP contribution in [0, 0.1) is 0 Å². The van der Waals surface area contributed by atoms with Crippen molar-refractivity contribution in [2.45, 2.75) is 25.9 Å². The van der Waals surface area contributed by atoms with Gasteiger partial charge >= 0.3 is 0 Å². The molecule has 0 amide bonds. The smallest absolute Gasteiger partial charge is 0.0577 e. The van der Waals surface area contributed by atoms with Crippen molar-refractivity contribution in [2.24, 2.45) is 0 Å². The molecular weight excluding hydrogens is 280 g/mol. The molecule has 2 nitrogen and oxygen atoms in total. The highest BCUT2D eigenvalue weighted by molar-refractivity contribution is 6.30. The molecule has 0 heterocycles. The predicted octanol–water partition coefficient (Wildman–Crippen LogP) is 4.02. The largest absolute Gasteiger partial charge is 0.313 e. The Hall–Kier alpha value is -1.35. The maximum atomic E-state index is 5.99. The summed E-state index contributed by atoms with van der Waals surface area (Å²) in [5.41, 5.74) is 2.50. The highest BCUT2D eigenvalue weighted by Crippen LogP contribution is 2.23. The van der Waals surface area contributed by atoms with E-state index in [1.165, 1.54) is 11.1 Å². The second kappa shape index (κ2) is 8.18. The zero-order valence-corrected chi connectivity index (χ0v) is 13.4. The van der Waals surface area contributed by atoms with E-state index in [1.807, 2.05) is 18.2 Å². The maximum Gasteiger partial charge on any atom is 0.0577 e. The van der Waals surface area contributed by atoms with Gasteiger partial charge in [-0.05, 0) is 23.3 Å². The van der Waals surface area contributed by atoms with Gasteiger partial charge in [0.2, 0.25) is 0 Å². The molecule has 0 bridgehead atoms. The van der Waals surface area contributed by atoms with E-state index in [-0.39, 0.29) is 6.04 Å². The average Bonchev–Trinajstić information content (AvgIpc) is 2.49. The quantitative estimate of drug-likeness (QED) is 0.755. The maximum absolute atomic E-state index is 5.99. The van der Waals surface area contributed by atoms with Gasteiger partial charge in [-0.1, -0.05) is 67.9 Å². The Morgan fingerprint density at radius 2 is 1.38 bits per heavy atom. The van der Waals surface area contributed by atoms with Crippen molar-refractivity contribution in [2.75, 3.05) is 13.1 Å². The predicted molar refractivity (Wildman–Crippen MR) is 90.9 cm³/mol. The van der Waals surface area contributed by atoms with E-state index < -0.39 is 0 Å². The summed E-state index contributed by atoms with van der Waals surface area (Å²) in [6.07, 6.45) is 0. The van der Waals surface area contributed by atoms with Crippen molar-refractivity contribution < 1.29 is 0 Å². The lowest BCUT2D eigenvalue weighted by Crippen LogP contribution is -2.33. The molecule has 0 fully saturated rings. The van der Waals surface area contributed by atoms with Crippen LogP contribution in [0.4, 0.5) is 0 Å². The van der Waals surface area contributed by atoms with Crippen LogP contribution in [0.3, 0.4) is 0 Å². The van der Waals surface area contributed by atoms with Crippen molar-refractivity contribution in [1.82, 2.24) is 10.6 Å². The molecule has 0 radical (unpaired) electrons. The first kappa shape index (κ1) is 16.0. The first-order valence-electron chi connectivity index (χ1n) is 7.44. The van der Waals surface area contributed by atoms with Crippen LogP contribution in [0.25, 0.3) is 0 Å². The van der Waals surface area contributed by atoms with E-state index in [1.54, 1.807) is 0 Å². The van der Waals surface area contributed by atoms with Crippen LogP contribution in [0.2, 0.25) is 5.02 Å². The van der Waals surface area contributed by atoms with Gasteiger partial charge in [0, 0.05) is 24.2 Å². The molecule has 0 saturated carbocycles. The average molecular weight is 303 g/mol. The summed E-state index contributed by atoms with van der Waals surface area (Å²) in [7, 11) is 0. The third-order valence-electron chi connectivity index (χ3n) is 3.36. The summed E-state index contributed by atoms with van der Waals surface area (Å²) >= 11 is 5.99. The van der Waals surface area contributed by atoms with Crippen LogP contribution in [0.1, 0.15) is 31.0 Å². The lowest BCUT2D eigenvalue weighted by molar-refractivity contribution is 0.531. The van der Waals surface area contributed by atoms with Gasteiger partial charge < -0.3 is 10.6 Å². The van der Waals surface area contributed by atoms with Crippen LogP contribution in [0.15, 0.2) is 54.6 Å². The van der Waals surface area contributed by atoms with Gasteiger partial charge in [-0.15, -0.1) is 0 Å². The summed E-state index contributed by atoms with van der Waals surface area (Å²) in [5.74, 6) is 0. The Bertz CT molecular complexity index is 523. The number of benzene rings is 2. The Labute approximate surface area is 132 Å². The molecule has 0 aliphatic heterocycles. The molecule has 0 saturated heterocycles. The minimum Gasteiger partial charge on any atom is -0.313 e. The highest BCUT2D eigenvalue weighted by Gasteiger charge is 2.12. The molecule has 0 aliphatic carbocycles. The number of nitrogens with one attached hydrogen (secondary N) is 2. The summed E-state index contributed by atoms with van der Waals surface area (Å²) in [5, 5.41) is 7.82. The van der Waals surface area contributed by atoms with Crippen LogP contribution >= 0.6 is 11.6 Å². The summed E-state index contributed by atoms with van der Waals surface area (Å²) in [4.78, 5) is 0. The minimum atomic E-state index is 0.192. The Kier molecular flexibility index (Phi) is 6.24. The van der Waals surface area contributed by atoms with Crippen molar-refractivity contribution in [3.63, 3.8) is 0 Å². The molecule has 3 heteroatoms. The van der Waals surface area contributed by atoms with E-state index in [0.29, 0.717) is 6.04 Å². The molecule has 2 aromatic rings. The van der Waals surface area contributed by atoms with Crippen LogP contribution < -0.4 is 10.6 Å². The first-order chi connectivity index (χ1) is 10.2. The Morgan fingerprint density at radius 1 is 0.810 bits per heavy atom. The second-order valence-corrected chi connectivity index (χ2v) is 5.89. The lowest BCUT2D eigenvalue weighted by Gasteiger charge is -2.20. The summed E-state index contributed by atoms with van der Waals surface area (Å²) < 4.78 is 0. The molecule has 2 aromatic carbocycles. The molecule has 2 N–H and O–H groups in total. The fourth-order valence-electron chi connectivity index (χ4n) is 2.31. The molecule has 0 aromatic heterocycles. The van der Waals surface area contributed by atoms with Crippen LogP contribution in [0.5, 0.6) is 0 Å². The molecule has 0 aliphatic rings. The molecular formula is C18H23ClN2. The zero-order valence-electron chi connectivity index (χ0n) is 12.6. The molecule has 0 spiro atoms. The third-order valence-corrected chi connectivity index (χ3v) is 3.61. The van der Waals surface area contributed by atoms with Crippen molar-refractivity contribution in [1.29, 1.82) is 0 Å². The molecule has 112 valence electrons. The van der Waals surface area contributed by atoms with Crippen LogP contribution in [-0.4, -0.2) is 19.1 Å². The lowest BCUT2D eigenvalue weighted by atomic mass is 9.99. The SMILES string of the molecule is CC(C)NCCN[C@H](c1ccccc1)c1ccc(Cl)cc1.